The van der Waals surface area contributed by atoms with Crippen LogP contribution in [-0.4, -0.2) is 53.5 Å². The van der Waals surface area contributed by atoms with Crippen molar-refractivity contribution in [3.05, 3.63) is 35.4 Å². The largest absolute Gasteiger partial charge is 0.459 e. The van der Waals surface area contributed by atoms with Gasteiger partial charge in [-0.2, -0.15) is 4.98 Å². The third-order valence-electron chi connectivity index (χ3n) is 6.34. The van der Waals surface area contributed by atoms with Crippen molar-refractivity contribution in [1.29, 1.82) is 0 Å². The highest BCUT2D eigenvalue weighted by atomic mass is 16.3. The van der Waals surface area contributed by atoms with E-state index >= 15 is 0 Å². The zero-order valence-electron chi connectivity index (χ0n) is 17.0. The highest BCUT2D eigenvalue weighted by molar-refractivity contribution is 5.91. The van der Waals surface area contributed by atoms with Crippen molar-refractivity contribution < 1.29 is 9.21 Å². The summed E-state index contributed by atoms with van der Waals surface area (Å²) in [7, 11) is 0. The molecule has 0 unspecified atom stereocenters. The zero-order valence-corrected chi connectivity index (χ0v) is 17.0. The molecule has 3 aliphatic rings. The molecule has 2 fully saturated rings. The minimum Gasteiger partial charge on any atom is -0.459 e. The van der Waals surface area contributed by atoms with Gasteiger partial charge in [0.1, 0.15) is 5.82 Å². The Labute approximate surface area is 171 Å². The fraction of sp³-hybridized carbons (Fsp3) is 0.591. The number of carbonyl (C=O) groups excluding carboxylic acids is 1. The first-order valence-corrected chi connectivity index (χ1v) is 11.0. The van der Waals surface area contributed by atoms with E-state index in [0.29, 0.717) is 18.8 Å². The summed E-state index contributed by atoms with van der Waals surface area (Å²) in [5.41, 5.74) is 2.24. The molecule has 0 radical (unpaired) electrons. The molecule has 0 saturated carbocycles. The van der Waals surface area contributed by atoms with E-state index in [0.717, 1.165) is 55.6 Å². The molecular weight excluding hydrogens is 366 g/mol. The second-order valence-electron chi connectivity index (χ2n) is 8.32. The van der Waals surface area contributed by atoms with Crippen LogP contribution in [-0.2, 0) is 13.0 Å². The Morgan fingerprint density at radius 2 is 1.62 bits per heavy atom. The molecule has 7 heteroatoms. The summed E-state index contributed by atoms with van der Waals surface area (Å²) in [4.78, 5) is 29.5. The Balaban J connectivity index is 1.48. The van der Waals surface area contributed by atoms with E-state index in [2.05, 4.69) is 9.80 Å². The van der Waals surface area contributed by atoms with Crippen molar-refractivity contribution in [2.75, 3.05) is 42.5 Å². The Hall–Kier alpha value is -2.57. The first-order valence-electron chi connectivity index (χ1n) is 11.0. The Bertz CT molecular complexity index is 854. The number of anilines is 2. The summed E-state index contributed by atoms with van der Waals surface area (Å²) in [5.74, 6) is 2.28. The van der Waals surface area contributed by atoms with Gasteiger partial charge in [0.25, 0.3) is 5.91 Å². The molecule has 29 heavy (non-hydrogen) atoms. The predicted octanol–water partition coefficient (Wildman–Crippen LogP) is 3.25. The summed E-state index contributed by atoms with van der Waals surface area (Å²) in [6.45, 7) is 5.39. The second kappa shape index (κ2) is 8.05. The van der Waals surface area contributed by atoms with E-state index in [9.17, 15) is 4.79 Å². The molecule has 2 saturated heterocycles. The standard InChI is InChI=1S/C22H29N5O2/c28-21(19-8-7-15-29-19)27-14-9-18-17(16-27)20(25-10-3-1-4-11-25)24-22(23-18)26-12-5-2-6-13-26/h7-8,15H,1-6,9-14,16H2. The first kappa shape index (κ1) is 18.5. The molecular formula is C22H29N5O2. The molecule has 0 aliphatic carbocycles. The number of aromatic nitrogens is 2. The van der Waals surface area contributed by atoms with Crippen LogP contribution in [0.2, 0.25) is 0 Å². The SMILES string of the molecule is O=C(c1ccco1)N1CCc2nc(N3CCCCC3)nc(N3CCCCC3)c2C1. The number of amides is 1. The molecule has 3 aliphatic heterocycles. The van der Waals surface area contributed by atoms with Crippen LogP contribution in [0.15, 0.2) is 22.8 Å². The number of fused-ring (bicyclic) bond motifs is 1. The van der Waals surface area contributed by atoms with E-state index in [1.54, 1.807) is 18.4 Å². The maximum Gasteiger partial charge on any atom is 0.289 e. The van der Waals surface area contributed by atoms with E-state index < -0.39 is 0 Å². The molecule has 0 bridgehead atoms. The van der Waals surface area contributed by atoms with E-state index in [1.165, 1.54) is 38.5 Å². The predicted molar refractivity (Wildman–Crippen MR) is 111 cm³/mol. The lowest BCUT2D eigenvalue weighted by atomic mass is 10.0. The minimum atomic E-state index is -0.0506. The van der Waals surface area contributed by atoms with Crippen LogP contribution in [0, 0.1) is 0 Å². The van der Waals surface area contributed by atoms with Crippen molar-refractivity contribution in [3.63, 3.8) is 0 Å². The topological polar surface area (TPSA) is 65.7 Å². The molecule has 0 atom stereocenters. The fourth-order valence-corrected chi connectivity index (χ4v) is 4.72. The summed E-state index contributed by atoms with van der Waals surface area (Å²) in [5, 5.41) is 0. The molecule has 7 nitrogen and oxygen atoms in total. The van der Waals surface area contributed by atoms with E-state index in [4.69, 9.17) is 14.4 Å². The van der Waals surface area contributed by atoms with Crippen LogP contribution in [0.1, 0.15) is 60.3 Å². The lowest BCUT2D eigenvalue weighted by Gasteiger charge is -2.36. The van der Waals surface area contributed by atoms with E-state index in [1.807, 2.05) is 4.90 Å². The number of piperidine rings is 2. The number of hydrogen-bond donors (Lipinski definition) is 0. The number of carbonyl (C=O) groups is 1. The van der Waals surface area contributed by atoms with Crippen molar-refractivity contribution in [2.24, 2.45) is 0 Å². The van der Waals surface area contributed by atoms with Gasteiger partial charge < -0.3 is 19.1 Å². The highest BCUT2D eigenvalue weighted by Crippen LogP contribution is 2.32. The Morgan fingerprint density at radius 1 is 0.897 bits per heavy atom. The van der Waals surface area contributed by atoms with Crippen molar-refractivity contribution in [1.82, 2.24) is 14.9 Å². The summed E-state index contributed by atoms with van der Waals surface area (Å²) >= 11 is 0. The molecule has 0 N–H and O–H groups in total. The molecule has 154 valence electrons. The van der Waals surface area contributed by atoms with Crippen molar-refractivity contribution >= 4 is 17.7 Å². The molecule has 2 aromatic rings. The maximum atomic E-state index is 12.8. The summed E-state index contributed by atoms with van der Waals surface area (Å²) < 4.78 is 5.34. The van der Waals surface area contributed by atoms with Crippen molar-refractivity contribution in [3.8, 4) is 0 Å². The van der Waals surface area contributed by atoms with Gasteiger partial charge in [-0.25, -0.2) is 4.98 Å². The Morgan fingerprint density at radius 3 is 2.31 bits per heavy atom. The highest BCUT2D eigenvalue weighted by Gasteiger charge is 2.30. The van der Waals surface area contributed by atoms with Crippen LogP contribution in [0.3, 0.4) is 0 Å². The van der Waals surface area contributed by atoms with Gasteiger partial charge in [0.2, 0.25) is 5.95 Å². The minimum absolute atomic E-state index is 0.0506. The molecule has 0 aromatic carbocycles. The van der Waals surface area contributed by atoms with Crippen LogP contribution in [0.4, 0.5) is 11.8 Å². The third kappa shape index (κ3) is 3.70. The monoisotopic (exact) mass is 395 g/mol. The molecule has 1 amide bonds. The van der Waals surface area contributed by atoms with Crippen LogP contribution >= 0.6 is 0 Å². The smallest absolute Gasteiger partial charge is 0.289 e. The number of nitrogens with zero attached hydrogens (tertiary/aromatic N) is 5. The van der Waals surface area contributed by atoms with Gasteiger partial charge in [0.05, 0.1) is 18.5 Å². The van der Waals surface area contributed by atoms with Gasteiger partial charge in [-0.1, -0.05) is 0 Å². The lowest BCUT2D eigenvalue weighted by Crippen LogP contribution is -2.40. The third-order valence-corrected chi connectivity index (χ3v) is 6.34. The van der Waals surface area contributed by atoms with Gasteiger partial charge in [-0.3, -0.25) is 4.79 Å². The Kier molecular flexibility index (Phi) is 5.12. The summed E-state index contributed by atoms with van der Waals surface area (Å²) in [6.07, 6.45) is 9.73. The first-order chi connectivity index (χ1) is 14.3. The number of furan rings is 1. The molecule has 2 aromatic heterocycles. The lowest BCUT2D eigenvalue weighted by molar-refractivity contribution is 0.0701. The van der Waals surface area contributed by atoms with Gasteiger partial charge in [-0.05, 0) is 50.7 Å². The van der Waals surface area contributed by atoms with Gasteiger partial charge >= 0.3 is 0 Å². The molecule has 5 rings (SSSR count). The second-order valence-corrected chi connectivity index (χ2v) is 8.32. The normalized spacial score (nSPS) is 19.9. The number of rotatable bonds is 3. The van der Waals surface area contributed by atoms with Gasteiger partial charge in [0, 0.05) is 44.7 Å². The van der Waals surface area contributed by atoms with Crippen LogP contribution < -0.4 is 9.80 Å². The van der Waals surface area contributed by atoms with Crippen LogP contribution in [0.5, 0.6) is 0 Å². The average molecular weight is 396 g/mol. The number of hydrogen-bond acceptors (Lipinski definition) is 6. The fourth-order valence-electron chi connectivity index (χ4n) is 4.72. The van der Waals surface area contributed by atoms with Gasteiger partial charge in [-0.15, -0.1) is 0 Å². The molecule has 5 heterocycles. The van der Waals surface area contributed by atoms with E-state index in [-0.39, 0.29) is 5.91 Å². The maximum absolute atomic E-state index is 12.8. The van der Waals surface area contributed by atoms with Crippen LogP contribution in [0.25, 0.3) is 0 Å². The van der Waals surface area contributed by atoms with Gasteiger partial charge in [0.15, 0.2) is 5.76 Å². The average Bonchev–Trinajstić information content (AvgIpc) is 3.34. The quantitative estimate of drug-likeness (QED) is 0.795. The van der Waals surface area contributed by atoms with Crippen molar-refractivity contribution in [2.45, 2.75) is 51.5 Å². The molecule has 0 spiro atoms. The zero-order chi connectivity index (χ0) is 19.6. The summed E-state index contributed by atoms with van der Waals surface area (Å²) in [6, 6.07) is 3.50.